The van der Waals surface area contributed by atoms with Gasteiger partial charge in [0.15, 0.2) is 11.5 Å². The van der Waals surface area contributed by atoms with Crippen molar-refractivity contribution in [1.29, 1.82) is 0 Å². The van der Waals surface area contributed by atoms with Crippen LogP contribution in [0.15, 0.2) is 75.7 Å². The number of hydrogen-bond donors (Lipinski definition) is 0. The lowest BCUT2D eigenvalue weighted by molar-refractivity contribution is -0.132. The van der Waals surface area contributed by atoms with Crippen molar-refractivity contribution < 1.29 is 18.5 Å². The van der Waals surface area contributed by atoms with E-state index in [0.717, 1.165) is 24.2 Å². The zero-order chi connectivity index (χ0) is 22.5. The molecule has 0 spiro atoms. The number of carbonyl (C=O) groups is 1. The average molecular weight is 444 g/mol. The van der Waals surface area contributed by atoms with Crippen LogP contribution in [0.2, 0.25) is 0 Å². The summed E-state index contributed by atoms with van der Waals surface area (Å²) in [7, 11) is 0. The first-order valence-electron chi connectivity index (χ1n) is 11.1. The molecule has 0 N–H and O–H groups in total. The van der Waals surface area contributed by atoms with E-state index in [9.17, 15) is 4.79 Å². The van der Waals surface area contributed by atoms with E-state index >= 15 is 0 Å². The second kappa shape index (κ2) is 9.68. The molecule has 0 unspecified atom stereocenters. The van der Waals surface area contributed by atoms with Crippen molar-refractivity contribution in [2.75, 3.05) is 19.7 Å². The monoisotopic (exact) mass is 444 g/mol. The molecule has 2 aromatic heterocycles. The Labute approximate surface area is 191 Å². The number of rotatable bonds is 7. The minimum Gasteiger partial charge on any atom is -0.493 e. The highest BCUT2D eigenvalue weighted by Crippen LogP contribution is 2.30. The summed E-state index contributed by atoms with van der Waals surface area (Å²) >= 11 is 0. The third-order valence-electron chi connectivity index (χ3n) is 5.75. The average Bonchev–Trinajstić information content (AvgIpc) is 3.56. The molecule has 0 bridgehead atoms. The second-order valence-corrected chi connectivity index (χ2v) is 7.95. The maximum atomic E-state index is 12.5. The van der Waals surface area contributed by atoms with Crippen molar-refractivity contribution in [3.8, 4) is 28.7 Å². The van der Waals surface area contributed by atoms with Crippen LogP contribution in [-0.4, -0.2) is 45.9 Å². The van der Waals surface area contributed by atoms with Gasteiger partial charge in [0.25, 0.3) is 5.89 Å². The summed E-state index contributed by atoms with van der Waals surface area (Å²) in [5.41, 5.74) is 1.45. The quantitative estimate of drug-likeness (QED) is 0.412. The molecule has 0 aliphatic carbocycles. The fourth-order valence-corrected chi connectivity index (χ4v) is 3.92. The van der Waals surface area contributed by atoms with Crippen LogP contribution in [0.5, 0.6) is 5.75 Å². The highest BCUT2D eigenvalue weighted by atomic mass is 16.5. The van der Waals surface area contributed by atoms with Crippen LogP contribution >= 0.6 is 0 Å². The van der Waals surface area contributed by atoms with E-state index < -0.39 is 0 Å². The molecule has 0 saturated carbocycles. The minimum absolute atomic E-state index is 0.103. The third-order valence-corrected chi connectivity index (χ3v) is 5.75. The first-order valence-corrected chi connectivity index (χ1v) is 11.1. The summed E-state index contributed by atoms with van der Waals surface area (Å²) < 4.78 is 17.0. The maximum absolute atomic E-state index is 12.5. The number of ether oxygens (including phenoxy) is 1. The van der Waals surface area contributed by atoms with E-state index in [1.54, 1.807) is 6.07 Å². The summed E-state index contributed by atoms with van der Waals surface area (Å²) in [5.74, 6) is 2.57. The number of aromatic nitrogens is 3. The van der Waals surface area contributed by atoms with Gasteiger partial charge in [-0.2, -0.15) is 0 Å². The molecule has 3 heterocycles. The van der Waals surface area contributed by atoms with Gasteiger partial charge in [0.2, 0.25) is 11.8 Å². The van der Waals surface area contributed by atoms with Crippen molar-refractivity contribution in [2.24, 2.45) is 0 Å². The Morgan fingerprint density at radius 1 is 1.00 bits per heavy atom. The smallest absolute Gasteiger partial charge is 0.269 e. The molecular formula is C25H24N4O4. The summed E-state index contributed by atoms with van der Waals surface area (Å²) in [4.78, 5) is 14.4. The zero-order valence-electron chi connectivity index (χ0n) is 18.1. The molecule has 4 aromatic rings. The van der Waals surface area contributed by atoms with Gasteiger partial charge in [-0.15, -0.1) is 10.2 Å². The molecule has 0 radical (unpaired) electrons. The predicted molar refractivity (Wildman–Crippen MR) is 120 cm³/mol. The second-order valence-electron chi connectivity index (χ2n) is 7.95. The number of likely N-dealkylation sites (tertiary alicyclic amines) is 1. The Morgan fingerprint density at radius 2 is 1.73 bits per heavy atom. The van der Waals surface area contributed by atoms with Crippen LogP contribution in [0.4, 0.5) is 0 Å². The van der Waals surface area contributed by atoms with Crippen molar-refractivity contribution in [3.63, 3.8) is 0 Å². The van der Waals surface area contributed by atoms with Gasteiger partial charge in [0.1, 0.15) is 5.75 Å². The molecule has 33 heavy (non-hydrogen) atoms. The Kier molecular flexibility index (Phi) is 6.14. The fraction of sp³-hybridized carbons (Fsp3) is 0.280. The lowest BCUT2D eigenvalue weighted by atomic mass is 9.96. The number of amides is 1. The van der Waals surface area contributed by atoms with Gasteiger partial charge < -0.3 is 18.6 Å². The Balaban J connectivity index is 1.13. The molecule has 8 heteroatoms. The van der Waals surface area contributed by atoms with Crippen LogP contribution in [0.1, 0.15) is 31.1 Å². The summed E-state index contributed by atoms with van der Waals surface area (Å²) in [6.45, 7) is 1.70. The largest absolute Gasteiger partial charge is 0.493 e. The maximum Gasteiger partial charge on any atom is 0.269 e. The molecule has 168 valence electrons. The summed E-state index contributed by atoms with van der Waals surface area (Å²) in [6.07, 6.45) is 1.92. The Bertz CT molecular complexity index is 1180. The van der Waals surface area contributed by atoms with Crippen molar-refractivity contribution in [3.05, 3.63) is 72.6 Å². The van der Waals surface area contributed by atoms with E-state index in [-0.39, 0.29) is 11.8 Å². The molecule has 1 aliphatic rings. The highest BCUT2D eigenvalue weighted by Gasteiger charge is 2.28. The van der Waals surface area contributed by atoms with Gasteiger partial charge in [0, 0.05) is 30.6 Å². The molecule has 1 fully saturated rings. The van der Waals surface area contributed by atoms with Gasteiger partial charge in [0.05, 0.1) is 13.0 Å². The van der Waals surface area contributed by atoms with Crippen LogP contribution in [0.3, 0.4) is 0 Å². The van der Waals surface area contributed by atoms with Crippen LogP contribution in [0.25, 0.3) is 22.9 Å². The number of hydrogen-bond acceptors (Lipinski definition) is 7. The van der Waals surface area contributed by atoms with Crippen LogP contribution in [0, 0.1) is 0 Å². The van der Waals surface area contributed by atoms with E-state index in [0.29, 0.717) is 49.4 Å². The van der Waals surface area contributed by atoms with Crippen LogP contribution < -0.4 is 4.74 Å². The lowest BCUT2D eigenvalue weighted by Gasteiger charge is -2.30. The molecule has 8 nitrogen and oxygen atoms in total. The Morgan fingerprint density at radius 3 is 2.48 bits per heavy atom. The third kappa shape index (κ3) is 4.95. The van der Waals surface area contributed by atoms with Gasteiger partial charge in [-0.25, -0.2) is 0 Å². The van der Waals surface area contributed by atoms with Crippen LogP contribution in [-0.2, 0) is 4.79 Å². The van der Waals surface area contributed by atoms with Crippen molar-refractivity contribution in [2.45, 2.75) is 25.2 Å². The number of carbonyl (C=O) groups excluding carboxylic acids is 1. The number of piperidine rings is 1. The van der Waals surface area contributed by atoms with E-state index in [1.165, 1.54) is 0 Å². The van der Waals surface area contributed by atoms with Gasteiger partial charge >= 0.3 is 0 Å². The zero-order valence-corrected chi connectivity index (χ0v) is 18.1. The Hall–Kier alpha value is -3.94. The van der Waals surface area contributed by atoms with Crippen molar-refractivity contribution >= 4 is 5.91 Å². The van der Waals surface area contributed by atoms with E-state index in [1.807, 2.05) is 65.6 Å². The van der Waals surface area contributed by atoms with Gasteiger partial charge in [-0.05, 0) is 25.0 Å². The number of nitrogens with zero attached hydrogens (tertiary/aromatic N) is 4. The molecule has 2 aromatic carbocycles. The minimum atomic E-state index is 0.103. The molecule has 1 aliphatic heterocycles. The molecule has 5 rings (SSSR count). The van der Waals surface area contributed by atoms with Crippen molar-refractivity contribution in [1.82, 2.24) is 20.3 Å². The van der Waals surface area contributed by atoms with Gasteiger partial charge in [-0.3, -0.25) is 4.79 Å². The molecular weight excluding hydrogens is 420 g/mol. The predicted octanol–water partition coefficient (Wildman–Crippen LogP) is 4.57. The van der Waals surface area contributed by atoms with Gasteiger partial charge in [-0.1, -0.05) is 53.7 Å². The highest BCUT2D eigenvalue weighted by molar-refractivity contribution is 5.76. The van der Waals surface area contributed by atoms with E-state index in [2.05, 4.69) is 15.4 Å². The van der Waals surface area contributed by atoms with E-state index in [4.69, 9.17) is 13.7 Å². The molecule has 0 atom stereocenters. The summed E-state index contributed by atoms with van der Waals surface area (Å²) in [5, 5.41) is 12.5. The topological polar surface area (TPSA) is 94.5 Å². The first-order chi connectivity index (χ1) is 16.3. The standard InChI is InChI=1S/C25H24N4O4/c30-23(13-16-31-20-9-5-2-6-10-20)29-14-11-19(12-15-29)24-26-27-25(32-24)21-17-22(33-28-21)18-7-3-1-4-8-18/h1-10,17,19H,11-16H2. The molecule has 1 amide bonds. The molecule has 1 saturated heterocycles. The first kappa shape index (κ1) is 20.9. The lowest BCUT2D eigenvalue weighted by Crippen LogP contribution is -2.38. The number of para-hydroxylation sites is 1. The fourth-order valence-electron chi connectivity index (χ4n) is 3.92. The normalized spacial score (nSPS) is 14.4. The SMILES string of the molecule is O=C(CCOc1ccccc1)N1CCC(c2nnc(-c3cc(-c4ccccc4)on3)o2)CC1. The summed E-state index contributed by atoms with van der Waals surface area (Å²) in [6, 6.07) is 21.1. The number of benzene rings is 2.